The lowest BCUT2D eigenvalue weighted by Gasteiger charge is -2.21. The lowest BCUT2D eigenvalue weighted by atomic mass is 10.0. The summed E-state index contributed by atoms with van der Waals surface area (Å²) in [6.07, 6.45) is 4.33. The summed E-state index contributed by atoms with van der Waals surface area (Å²) in [5.41, 5.74) is 2.19. The Kier molecular flexibility index (Phi) is 5.06. The third-order valence-electron chi connectivity index (χ3n) is 3.74. The van der Waals surface area contributed by atoms with Gasteiger partial charge in [-0.2, -0.15) is 0 Å². The van der Waals surface area contributed by atoms with Crippen LogP contribution in [0.4, 0.5) is 0 Å². The third-order valence-corrected chi connectivity index (χ3v) is 4.24. The number of hydrogen-bond donors (Lipinski definition) is 2. The zero-order valence-electron chi connectivity index (χ0n) is 11.9. The van der Waals surface area contributed by atoms with E-state index in [9.17, 15) is 0 Å². The van der Waals surface area contributed by atoms with Crippen LogP contribution in [-0.2, 0) is 11.3 Å². The van der Waals surface area contributed by atoms with Gasteiger partial charge in [-0.25, -0.2) is 4.98 Å². The molecule has 112 valence electrons. The van der Waals surface area contributed by atoms with Crippen molar-refractivity contribution in [1.82, 2.24) is 15.3 Å². The van der Waals surface area contributed by atoms with Crippen LogP contribution in [0.2, 0.25) is 0 Å². The van der Waals surface area contributed by atoms with E-state index < -0.39 is 0 Å². The lowest BCUT2D eigenvalue weighted by Crippen LogP contribution is -2.29. The van der Waals surface area contributed by atoms with Crippen molar-refractivity contribution >= 4 is 15.9 Å². The number of H-pyrrole nitrogens is 1. The topological polar surface area (TPSA) is 49.9 Å². The zero-order chi connectivity index (χ0) is 14.5. The molecule has 0 spiro atoms. The third kappa shape index (κ3) is 4.15. The Balaban J connectivity index is 1.53. The summed E-state index contributed by atoms with van der Waals surface area (Å²) in [7, 11) is 0. The zero-order valence-corrected chi connectivity index (χ0v) is 13.5. The number of hydrogen-bond acceptors (Lipinski definition) is 3. The SMILES string of the molecule is Brc1cccc(-c2cnc(CNCC3CCCOC3)[nH]2)c1. The fourth-order valence-corrected chi connectivity index (χ4v) is 3.02. The van der Waals surface area contributed by atoms with Crippen molar-refractivity contribution in [2.45, 2.75) is 19.4 Å². The molecule has 0 saturated carbocycles. The number of halogens is 1. The molecule has 1 unspecified atom stereocenters. The van der Waals surface area contributed by atoms with Gasteiger partial charge in [0.1, 0.15) is 5.82 Å². The number of benzene rings is 1. The van der Waals surface area contributed by atoms with Crippen LogP contribution in [0.25, 0.3) is 11.3 Å². The van der Waals surface area contributed by atoms with Crippen molar-refractivity contribution in [1.29, 1.82) is 0 Å². The Labute approximate surface area is 133 Å². The first-order valence-corrected chi connectivity index (χ1v) is 8.19. The predicted molar refractivity (Wildman–Crippen MR) is 87.0 cm³/mol. The molecule has 0 amide bonds. The molecule has 1 fully saturated rings. The molecule has 2 N–H and O–H groups in total. The standard InChI is InChI=1S/C16H20BrN3O/c17-14-5-1-4-13(7-14)15-9-19-16(20-15)10-18-8-12-3-2-6-21-11-12/h1,4-5,7,9,12,18H,2-3,6,8,10-11H2,(H,19,20). The molecule has 0 radical (unpaired) electrons. The second-order valence-electron chi connectivity index (χ2n) is 5.47. The Morgan fingerprint density at radius 1 is 1.43 bits per heavy atom. The number of rotatable bonds is 5. The van der Waals surface area contributed by atoms with Crippen LogP contribution in [0.1, 0.15) is 18.7 Å². The van der Waals surface area contributed by atoms with E-state index in [0.717, 1.165) is 47.9 Å². The first-order chi connectivity index (χ1) is 10.3. The minimum absolute atomic E-state index is 0.637. The molecule has 1 aliphatic rings. The van der Waals surface area contributed by atoms with E-state index >= 15 is 0 Å². The first kappa shape index (κ1) is 14.8. The van der Waals surface area contributed by atoms with Gasteiger partial charge in [-0.3, -0.25) is 0 Å². The van der Waals surface area contributed by atoms with Crippen molar-refractivity contribution in [3.8, 4) is 11.3 Å². The average Bonchev–Trinajstić information content (AvgIpc) is 2.97. The number of imidazole rings is 1. The van der Waals surface area contributed by atoms with Crippen LogP contribution in [0.5, 0.6) is 0 Å². The second kappa shape index (κ2) is 7.20. The van der Waals surface area contributed by atoms with Gasteiger partial charge in [0.2, 0.25) is 0 Å². The molecule has 2 aromatic rings. The van der Waals surface area contributed by atoms with E-state index in [1.807, 2.05) is 18.3 Å². The molecule has 1 aromatic heterocycles. The maximum atomic E-state index is 5.49. The smallest absolute Gasteiger partial charge is 0.120 e. The van der Waals surface area contributed by atoms with E-state index in [4.69, 9.17) is 4.74 Å². The summed E-state index contributed by atoms with van der Waals surface area (Å²) in [5.74, 6) is 1.61. The van der Waals surface area contributed by atoms with Crippen LogP contribution >= 0.6 is 15.9 Å². The molecule has 2 heterocycles. The van der Waals surface area contributed by atoms with Crippen molar-refractivity contribution < 1.29 is 4.74 Å². The van der Waals surface area contributed by atoms with Crippen molar-refractivity contribution in [3.63, 3.8) is 0 Å². The van der Waals surface area contributed by atoms with Crippen molar-refractivity contribution in [2.24, 2.45) is 5.92 Å². The van der Waals surface area contributed by atoms with E-state index in [1.54, 1.807) is 0 Å². The Morgan fingerprint density at radius 2 is 2.38 bits per heavy atom. The highest BCUT2D eigenvalue weighted by Crippen LogP contribution is 2.21. The summed E-state index contributed by atoms with van der Waals surface area (Å²) in [6, 6.07) is 8.22. The van der Waals surface area contributed by atoms with E-state index in [1.165, 1.54) is 12.8 Å². The highest BCUT2D eigenvalue weighted by molar-refractivity contribution is 9.10. The summed E-state index contributed by atoms with van der Waals surface area (Å²) < 4.78 is 6.57. The molecule has 1 aliphatic heterocycles. The number of aromatic nitrogens is 2. The second-order valence-corrected chi connectivity index (χ2v) is 6.38. The van der Waals surface area contributed by atoms with Crippen molar-refractivity contribution in [3.05, 3.63) is 40.8 Å². The van der Waals surface area contributed by atoms with Crippen LogP contribution in [0, 0.1) is 5.92 Å². The lowest BCUT2D eigenvalue weighted by molar-refractivity contribution is 0.0547. The molecular weight excluding hydrogens is 330 g/mol. The number of aromatic amines is 1. The fraction of sp³-hybridized carbons (Fsp3) is 0.438. The Hall–Kier alpha value is -1.17. The molecule has 5 heteroatoms. The minimum Gasteiger partial charge on any atom is -0.381 e. The molecule has 1 aromatic carbocycles. The van der Waals surface area contributed by atoms with Crippen molar-refractivity contribution in [2.75, 3.05) is 19.8 Å². The summed E-state index contributed by atoms with van der Waals surface area (Å²) >= 11 is 3.49. The molecule has 1 atom stereocenters. The first-order valence-electron chi connectivity index (χ1n) is 7.39. The van der Waals surface area contributed by atoms with Gasteiger partial charge in [0.05, 0.1) is 25.0 Å². The maximum absolute atomic E-state index is 5.49. The molecule has 21 heavy (non-hydrogen) atoms. The van der Waals surface area contributed by atoms with E-state index in [-0.39, 0.29) is 0 Å². The van der Waals surface area contributed by atoms with Crippen LogP contribution in [0.3, 0.4) is 0 Å². The normalized spacial score (nSPS) is 18.8. The van der Waals surface area contributed by atoms with E-state index in [2.05, 4.69) is 43.3 Å². The molecule has 3 rings (SSSR count). The highest BCUT2D eigenvalue weighted by atomic mass is 79.9. The summed E-state index contributed by atoms with van der Waals surface area (Å²) in [6.45, 7) is 3.57. The summed E-state index contributed by atoms with van der Waals surface area (Å²) in [4.78, 5) is 7.81. The fourth-order valence-electron chi connectivity index (χ4n) is 2.62. The average molecular weight is 350 g/mol. The Morgan fingerprint density at radius 3 is 3.19 bits per heavy atom. The number of nitrogens with one attached hydrogen (secondary N) is 2. The largest absolute Gasteiger partial charge is 0.381 e. The van der Waals surface area contributed by atoms with Gasteiger partial charge in [-0.1, -0.05) is 28.1 Å². The minimum atomic E-state index is 0.637. The number of ether oxygens (including phenoxy) is 1. The van der Waals surface area contributed by atoms with Gasteiger partial charge < -0.3 is 15.0 Å². The van der Waals surface area contributed by atoms with Crippen LogP contribution < -0.4 is 5.32 Å². The van der Waals surface area contributed by atoms with Gasteiger partial charge in [0.25, 0.3) is 0 Å². The van der Waals surface area contributed by atoms with Gasteiger partial charge in [-0.15, -0.1) is 0 Å². The van der Waals surface area contributed by atoms with Gasteiger partial charge in [0, 0.05) is 23.2 Å². The maximum Gasteiger partial charge on any atom is 0.120 e. The Bertz CT molecular complexity index is 578. The predicted octanol–water partition coefficient (Wildman–Crippen LogP) is 3.36. The van der Waals surface area contributed by atoms with Crippen LogP contribution in [0.15, 0.2) is 34.9 Å². The van der Waals surface area contributed by atoms with Crippen LogP contribution in [-0.4, -0.2) is 29.7 Å². The highest BCUT2D eigenvalue weighted by Gasteiger charge is 2.13. The summed E-state index contributed by atoms with van der Waals surface area (Å²) in [5, 5.41) is 3.46. The molecule has 0 aliphatic carbocycles. The van der Waals surface area contributed by atoms with Gasteiger partial charge in [-0.05, 0) is 30.9 Å². The molecule has 0 bridgehead atoms. The van der Waals surface area contributed by atoms with E-state index in [0.29, 0.717) is 5.92 Å². The molecule has 1 saturated heterocycles. The quantitative estimate of drug-likeness (QED) is 0.870. The molecule has 4 nitrogen and oxygen atoms in total. The number of nitrogens with zero attached hydrogens (tertiary/aromatic N) is 1. The molecular formula is C16H20BrN3O. The monoisotopic (exact) mass is 349 g/mol. The van der Waals surface area contributed by atoms with Gasteiger partial charge >= 0.3 is 0 Å². The van der Waals surface area contributed by atoms with Gasteiger partial charge in [0.15, 0.2) is 0 Å².